The van der Waals surface area contributed by atoms with Crippen molar-refractivity contribution < 1.29 is 13.9 Å². The van der Waals surface area contributed by atoms with Crippen LogP contribution in [-0.4, -0.2) is 11.0 Å². The lowest BCUT2D eigenvalue weighted by molar-refractivity contribution is 0.0732. The molecule has 0 saturated carbocycles. The van der Waals surface area contributed by atoms with E-state index in [9.17, 15) is 9.59 Å². The second kappa shape index (κ2) is 9.16. The number of benzene rings is 3. The first-order valence-electron chi connectivity index (χ1n) is 12.4. The van der Waals surface area contributed by atoms with Crippen molar-refractivity contribution in [1.29, 1.82) is 0 Å². The van der Waals surface area contributed by atoms with E-state index in [0.717, 1.165) is 53.6 Å². The molecule has 0 unspecified atom stereocenters. The molecule has 0 amide bonds. The molecule has 184 valence electrons. The smallest absolute Gasteiger partial charge is 0.344 e. The Labute approximate surface area is 218 Å². The number of pyridine rings is 1. The molecule has 3 aromatic carbocycles. The predicted octanol–water partition coefficient (Wildman–Crippen LogP) is 7.38. The molecule has 2 aromatic heterocycles. The normalized spacial score (nSPS) is 13.1. The van der Waals surface area contributed by atoms with Crippen molar-refractivity contribution in [1.82, 2.24) is 4.98 Å². The summed E-state index contributed by atoms with van der Waals surface area (Å²) in [6, 6.07) is 18.3. The molecular formula is C31H24ClNO4. The van der Waals surface area contributed by atoms with Gasteiger partial charge in [0.1, 0.15) is 5.58 Å². The van der Waals surface area contributed by atoms with E-state index in [4.69, 9.17) is 25.7 Å². The highest BCUT2D eigenvalue weighted by Crippen LogP contribution is 2.37. The van der Waals surface area contributed by atoms with Gasteiger partial charge in [0, 0.05) is 16.6 Å². The van der Waals surface area contributed by atoms with Crippen molar-refractivity contribution in [3.63, 3.8) is 0 Å². The van der Waals surface area contributed by atoms with Gasteiger partial charge < -0.3 is 9.15 Å². The quantitative estimate of drug-likeness (QED) is 0.237. The molecule has 0 saturated heterocycles. The first-order valence-corrected chi connectivity index (χ1v) is 12.8. The molecule has 0 radical (unpaired) electrons. The second-order valence-electron chi connectivity index (χ2n) is 9.55. The van der Waals surface area contributed by atoms with E-state index in [1.54, 1.807) is 24.3 Å². The highest BCUT2D eigenvalue weighted by Gasteiger charge is 2.28. The number of aromatic nitrogens is 1. The molecule has 1 aliphatic carbocycles. The first-order chi connectivity index (χ1) is 17.9. The number of fused-ring (bicyclic) bond motifs is 3. The zero-order valence-electron chi connectivity index (χ0n) is 20.6. The SMILES string of the molecule is Cc1cc(C)c2c(=O)c(OC(=O)c3c4c(nc5ccccc35)CCCC4)c(-c3ccccc3Cl)oc2c1. The van der Waals surface area contributed by atoms with Crippen LogP contribution in [0.25, 0.3) is 33.2 Å². The number of carbonyl (C=O) groups is 1. The number of esters is 1. The Kier molecular flexibility index (Phi) is 5.81. The van der Waals surface area contributed by atoms with Crippen LogP contribution >= 0.6 is 11.6 Å². The minimum absolute atomic E-state index is 0.133. The Hall–Kier alpha value is -3.96. The number of nitrogens with zero attached hydrogens (tertiary/aromatic N) is 1. The van der Waals surface area contributed by atoms with Crippen LogP contribution < -0.4 is 10.2 Å². The Morgan fingerprint density at radius 2 is 1.76 bits per heavy atom. The molecule has 1 aliphatic rings. The lowest BCUT2D eigenvalue weighted by Gasteiger charge is -2.20. The van der Waals surface area contributed by atoms with Crippen molar-refractivity contribution in [2.75, 3.05) is 0 Å². The Morgan fingerprint density at radius 3 is 2.59 bits per heavy atom. The van der Waals surface area contributed by atoms with Gasteiger partial charge >= 0.3 is 5.97 Å². The molecule has 0 N–H and O–H groups in total. The summed E-state index contributed by atoms with van der Waals surface area (Å²) in [7, 11) is 0. The highest BCUT2D eigenvalue weighted by molar-refractivity contribution is 6.33. The average Bonchev–Trinajstić information content (AvgIpc) is 2.88. The number of carbonyl (C=O) groups excluding carboxylic acids is 1. The Balaban J connectivity index is 1.60. The van der Waals surface area contributed by atoms with Gasteiger partial charge in [0.15, 0.2) is 5.76 Å². The molecule has 0 atom stereocenters. The van der Waals surface area contributed by atoms with E-state index < -0.39 is 11.4 Å². The van der Waals surface area contributed by atoms with Crippen molar-refractivity contribution in [3.05, 3.63) is 104 Å². The van der Waals surface area contributed by atoms with E-state index in [1.165, 1.54) is 0 Å². The van der Waals surface area contributed by atoms with Crippen LogP contribution in [-0.2, 0) is 12.8 Å². The predicted molar refractivity (Wildman–Crippen MR) is 146 cm³/mol. The van der Waals surface area contributed by atoms with Crippen LogP contribution in [0.3, 0.4) is 0 Å². The molecule has 2 heterocycles. The minimum Gasteiger partial charge on any atom is -0.452 e. The van der Waals surface area contributed by atoms with E-state index in [2.05, 4.69) is 0 Å². The second-order valence-corrected chi connectivity index (χ2v) is 9.96. The summed E-state index contributed by atoms with van der Waals surface area (Å²) in [5.74, 6) is -0.627. The largest absolute Gasteiger partial charge is 0.452 e. The molecule has 6 rings (SSSR count). The zero-order valence-corrected chi connectivity index (χ0v) is 21.3. The Morgan fingerprint density at radius 1 is 1.00 bits per heavy atom. The average molecular weight is 510 g/mol. The summed E-state index contributed by atoms with van der Waals surface area (Å²) in [4.78, 5) is 32.6. The lowest BCUT2D eigenvalue weighted by atomic mass is 9.90. The summed E-state index contributed by atoms with van der Waals surface area (Å²) >= 11 is 6.51. The third-order valence-corrected chi connectivity index (χ3v) is 7.31. The number of halogens is 1. The molecule has 6 heteroatoms. The molecule has 5 aromatic rings. The highest BCUT2D eigenvalue weighted by atomic mass is 35.5. The van der Waals surface area contributed by atoms with E-state index in [0.29, 0.717) is 32.5 Å². The van der Waals surface area contributed by atoms with E-state index in [-0.39, 0.29) is 11.5 Å². The third kappa shape index (κ3) is 4.00. The van der Waals surface area contributed by atoms with Gasteiger partial charge in [-0.15, -0.1) is 0 Å². The molecule has 0 bridgehead atoms. The number of ether oxygens (including phenoxy) is 1. The fourth-order valence-corrected chi connectivity index (χ4v) is 5.56. The number of hydrogen-bond donors (Lipinski definition) is 0. The zero-order chi connectivity index (χ0) is 25.7. The Bertz CT molecular complexity index is 1790. The summed E-state index contributed by atoms with van der Waals surface area (Å²) in [6.45, 7) is 3.78. The van der Waals surface area contributed by atoms with Crippen molar-refractivity contribution in [2.24, 2.45) is 0 Å². The van der Waals surface area contributed by atoms with Crippen molar-refractivity contribution in [2.45, 2.75) is 39.5 Å². The van der Waals surface area contributed by atoms with Gasteiger partial charge in [-0.05, 0) is 80.5 Å². The number of para-hydroxylation sites is 1. The van der Waals surface area contributed by atoms with Gasteiger partial charge in [0.05, 0.1) is 21.5 Å². The maximum absolute atomic E-state index is 13.9. The maximum atomic E-state index is 13.9. The van der Waals surface area contributed by atoms with Crippen LogP contribution in [0.2, 0.25) is 5.02 Å². The van der Waals surface area contributed by atoms with E-state index in [1.807, 2.05) is 50.2 Å². The maximum Gasteiger partial charge on any atom is 0.344 e. The van der Waals surface area contributed by atoms with E-state index >= 15 is 0 Å². The molecular weight excluding hydrogens is 486 g/mol. The number of aryl methyl sites for hydroxylation is 3. The van der Waals surface area contributed by atoms with Crippen LogP contribution in [0.4, 0.5) is 0 Å². The van der Waals surface area contributed by atoms with Crippen molar-refractivity contribution in [3.8, 4) is 17.1 Å². The van der Waals surface area contributed by atoms with Gasteiger partial charge in [0.2, 0.25) is 11.2 Å². The van der Waals surface area contributed by atoms with Gasteiger partial charge in [-0.25, -0.2) is 4.79 Å². The summed E-state index contributed by atoms with van der Waals surface area (Å²) in [6.07, 6.45) is 3.53. The molecule has 5 nitrogen and oxygen atoms in total. The van der Waals surface area contributed by atoms with Gasteiger partial charge in [-0.3, -0.25) is 9.78 Å². The van der Waals surface area contributed by atoms with Crippen LogP contribution in [0.1, 0.15) is 45.6 Å². The van der Waals surface area contributed by atoms with Crippen LogP contribution in [0.5, 0.6) is 5.75 Å². The van der Waals surface area contributed by atoms with Gasteiger partial charge in [0.25, 0.3) is 0 Å². The molecule has 0 aliphatic heterocycles. The summed E-state index contributed by atoms with van der Waals surface area (Å²) < 4.78 is 12.3. The fourth-order valence-electron chi connectivity index (χ4n) is 5.34. The van der Waals surface area contributed by atoms with Crippen LogP contribution in [0, 0.1) is 13.8 Å². The molecule has 0 spiro atoms. The van der Waals surface area contributed by atoms with Crippen LogP contribution in [0.15, 0.2) is 69.9 Å². The van der Waals surface area contributed by atoms with Gasteiger partial charge in [-0.2, -0.15) is 0 Å². The summed E-state index contributed by atoms with van der Waals surface area (Å²) in [5, 5.41) is 1.48. The monoisotopic (exact) mass is 509 g/mol. The minimum atomic E-state index is -0.596. The molecule has 37 heavy (non-hydrogen) atoms. The standard InChI is InChI=1S/C31H24ClNO4/c1-17-15-18(2)26-25(16-17)36-29(19-9-3-6-12-22(19)32)30(28(26)34)37-31(35)27-20-10-4-7-13-23(20)33-24-14-8-5-11-21(24)27/h3-4,6-7,9-10,12-13,15-16H,5,8,11,14H2,1-2H3. The third-order valence-electron chi connectivity index (χ3n) is 6.98. The topological polar surface area (TPSA) is 69.4 Å². The first kappa shape index (κ1) is 23.4. The van der Waals surface area contributed by atoms with Crippen molar-refractivity contribution >= 4 is 39.4 Å². The molecule has 0 fully saturated rings. The van der Waals surface area contributed by atoms with Gasteiger partial charge in [-0.1, -0.05) is 48.0 Å². The summed E-state index contributed by atoms with van der Waals surface area (Å²) in [5.41, 5.74) is 5.21. The number of rotatable bonds is 3. The fraction of sp³-hybridized carbons (Fsp3) is 0.194. The lowest BCUT2D eigenvalue weighted by Crippen LogP contribution is -2.21. The number of hydrogen-bond acceptors (Lipinski definition) is 5.